The third kappa shape index (κ3) is 4.03. The Morgan fingerprint density at radius 1 is 1.13 bits per heavy atom. The van der Waals surface area contributed by atoms with Gasteiger partial charge in [0, 0.05) is 18.8 Å². The maximum absolute atomic E-state index is 13.1. The molecule has 30 heavy (non-hydrogen) atoms. The zero-order chi connectivity index (χ0) is 21.5. The maximum atomic E-state index is 13.1. The van der Waals surface area contributed by atoms with Gasteiger partial charge < -0.3 is 15.0 Å². The molecule has 1 saturated heterocycles. The second-order valence-electron chi connectivity index (χ2n) is 7.66. The molecule has 0 saturated carbocycles. The van der Waals surface area contributed by atoms with E-state index < -0.39 is 10.0 Å². The highest BCUT2D eigenvalue weighted by molar-refractivity contribution is 7.92. The van der Waals surface area contributed by atoms with Crippen molar-refractivity contribution >= 4 is 33.2 Å². The van der Waals surface area contributed by atoms with Crippen LogP contribution in [0.5, 0.6) is 0 Å². The van der Waals surface area contributed by atoms with Gasteiger partial charge >= 0.3 is 0 Å². The molecule has 0 aliphatic carbocycles. The first kappa shape index (κ1) is 20.4. The van der Waals surface area contributed by atoms with Gasteiger partial charge in [0.15, 0.2) is 0 Å². The van der Waals surface area contributed by atoms with Crippen LogP contribution < -0.4 is 10.0 Å². The molecular weight excluding hydrogens is 406 g/mol. The Morgan fingerprint density at radius 3 is 2.57 bits per heavy atom. The molecule has 0 aromatic heterocycles. The van der Waals surface area contributed by atoms with Crippen LogP contribution >= 0.6 is 0 Å². The molecule has 1 fully saturated rings. The molecule has 8 nitrogen and oxygen atoms in total. The minimum atomic E-state index is -3.95. The van der Waals surface area contributed by atoms with Gasteiger partial charge in [0.05, 0.1) is 34.8 Å². The molecule has 9 heteroatoms. The van der Waals surface area contributed by atoms with Crippen LogP contribution in [-0.2, 0) is 26.0 Å². The van der Waals surface area contributed by atoms with Crippen LogP contribution in [0.1, 0.15) is 29.8 Å². The third-order valence-electron chi connectivity index (χ3n) is 5.12. The minimum Gasteiger partial charge on any atom is -0.372 e. The summed E-state index contributed by atoms with van der Waals surface area (Å²) in [5.74, 6) is -0.420. The van der Waals surface area contributed by atoms with Crippen LogP contribution in [0.25, 0.3) is 0 Å². The summed E-state index contributed by atoms with van der Waals surface area (Å²) in [4.78, 5) is 26.4. The van der Waals surface area contributed by atoms with Crippen molar-refractivity contribution in [2.24, 2.45) is 0 Å². The van der Waals surface area contributed by atoms with Crippen molar-refractivity contribution in [1.82, 2.24) is 4.90 Å². The molecule has 0 bridgehead atoms. The number of benzene rings is 2. The zero-order valence-electron chi connectivity index (χ0n) is 16.7. The Morgan fingerprint density at radius 2 is 1.83 bits per heavy atom. The molecule has 0 spiro atoms. The van der Waals surface area contributed by atoms with Crippen LogP contribution in [0, 0.1) is 0 Å². The number of anilines is 2. The Hall–Kier alpha value is -2.91. The molecule has 2 atom stereocenters. The van der Waals surface area contributed by atoms with Crippen LogP contribution in [0.4, 0.5) is 11.4 Å². The summed E-state index contributed by atoms with van der Waals surface area (Å²) in [6, 6.07) is 11.0. The van der Waals surface area contributed by atoms with Crippen molar-refractivity contribution in [2.75, 3.05) is 23.1 Å². The fourth-order valence-electron chi connectivity index (χ4n) is 3.85. The van der Waals surface area contributed by atoms with E-state index in [1.165, 1.54) is 12.1 Å². The summed E-state index contributed by atoms with van der Waals surface area (Å²) >= 11 is 0. The Labute approximate surface area is 175 Å². The number of nitrogens with zero attached hydrogens (tertiary/aromatic N) is 1. The van der Waals surface area contributed by atoms with Gasteiger partial charge in [-0.15, -0.1) is 0 Å². The van der Waals surface area contributed by atoms with Crippen molar-refractivity contribution in [3.63, 3.8) is 0 Å². The van der Waals surface area contributed by atoms with Crippen LogP contribution in [0.15, 0.2) is 47.4 Å². The first-order valence-corrected chi connectivity index (χ1v) is 11.2. The van der Waals surface area contributed by atoms with E-state index in [-0.39, 0.29) is 46.6 Å². The minimum absolute atomic E-state index is 0.0358. The van der Waals surface area contributed by atoms with E-state index in [1.54, 1.807) is 35.2 Å². The van der Waals surface area contributed by atoms with E-state index >= 15 is 0 Å². The van der Waals surface area contributed by atoms with E-state index in [0.717, 1.165) is 0 Å². The highest BCUT2D eigenvalue weighted by Crippen LogP contribution is 2.28. The topological polar surface area (TPSA) is 105 Å². The molecule has 2 heterocycles. The second kappa shape index (κ2) is 7.73. The number of hydrogen-bond donors (Lipinski definition) is 2. The Kier molecular flexibility index (Phi) is 5.25. The lowest BCUT2D eigenvalue weighted by Crippen LogP contribution is -2.48. The number of ether oxygens (including phenoxy) is 1. The average molecular weight is 429 g/mol. The molecule has 2 amide bonds. The molecule has 4 rings (SSSR count). The lowest BCUT2D eigenvalue weighted by atomic mass is 10.1. The molecule has 2 aliphatic heterocycles. The smallest absolute Gasteiger partial charge is 0.261 e. The molecule has 0 radical (unpaired) electrons. The lowest BCUT2D eigenvalue weighted by Gasteiger charge is -2.35. The number of carbonyl (C=O) groups excluding carboxylic acids is 2. The van der Waals surface area contributed by atoms with Gasteiger partial charge in [-0.1, -0.05) is 12.1 Å². The number of morpholine rings is 1. The van der Waals surface area contributed by atoms with Gasteiger partial charge in [-0.25, -0.2) is 8.42 Å². The highest BCUT2D eigenvalue weighted by Gasteiger charge is 2.29. The standard InChI is InChI=1S/C21H23N3O5S/c1-13-11-24(12-14(2)29-13)21(26)17-5-3-4-6-19(17)23-30(27,28)16-7-8-18-15(9-16)10-20(25)22-18/h3-9,13-14,23H,10-12H2,1-2H3,(H,22,25). The fourth-order valence-corrected chi connectivity index (χ4v) is 4.98. The van der Waals surface area contributed by atoms with E-state index in [2.05, 4.69) is 10.0 Å². The van der Waals surface area contributed by atoms with Gasteiger partial charge in [0.1, 0.15) is 0 Å². The normalized spacial score (nSPS) is 21.1. The fraction of sp³-hybridized carbons (Fsp3) is 0.333. The summed E-state index contributed by atoms with van der Waals surface area (Å²) in [5.41, 5.74) is 1.73. The van der Waals surface area contributed by atoms with E-state index in [0.29, 0.717) is 24.3 Å². The van der Waals surface area contributed by atoms with Crippen molar-refractivity contribution in [2.45, 2.75) is 37.4 Å². The second-order valence-corrected chi connectivity index (χ2v) is 9.34. The summed E-state index contributed by atoms with van der Waals surface area (Å²) in [5, 5.41) is 2.68. The van der Waals surface area contributed by atoms with E-state index in [1.807, 2.05) is 13.8 Å². The van der Waals surface area contributed by atoms with Gasteiger partial charge in [0.2, 0.25) is 5.91 Å². The van der Waals surface area contributed by atoms with Gasteiger partial charge in [-0.2, -0.15) is 0 Å². The number of rotatable bonds is 4. The number of hydrogen-bond acceptors (Lipinski definition) is 5. The summed E-state index contributed by atoms with van der Waals surface area (Å²) < 4.78 is 34.2. The van der Waals surface area contributed by atoms with E-state index in [4.69, 9.17) is 4.74 Å². The highest BCUT2D eigenvalue weighted by atomic mass is 32.2. The Bertz CT molecular complexity index is 1110. The monoisotopic (exact) mass is 429 g/mol. The summed E-state index contributed by atoms with van der Waals surface area (Å²) in [7, 11) is -3.95. The lowest BCUT2D eigenvalue weighted by molar-refractivity contribution is -0.115. The number of amides is 2. The molecule has 2 N–H and O–H groups in total. The quantitative estimate of drug-likeness (QED) is 0.776. The molecular formula is C21H23N3O5S. The zero-order valence-corrected chi connectivity index (χ0v) is 17.5. The molecule has 2 aliphatic rings. The number of para-hydroxylation sites is 1. The van der Waals surface area contributed by atoms with Crippen molar-refractivity contribution in [3.8, 4) is 0 Å². The number of carbonyl (C=O) groups is 2. The van der Waals surface area contributed by atoms with Crippen molar-refractivity contribution in [3.05, 3.63) is 53.6 Å². The largest absolute Gasteiger partial charge is 0.372 e. The number of sulfonamides is 1. The third-order valence-corrected chi connectivity index (χ3v) is 6.48. The average Bonchev–Trinajstić information content (AvgIpc) is 3.06. The number of fused-ring (bicyclic) bond motifs is 1. The Balaban J connectivity index is 1.61. The van der Waals surface area contributed by atoms with Gasteiger partial charge in [-0.05, 0) is 49.7 Å². The predicted octanol–water partition coefficient (Wildman–Crippen LogP) is 2.23. The first-order valence-electron chi connectivity index (χ1n) is 9.72. The molecule has 2 unspecified atom stereocenters. The molecule has 2 aromatic carbocycles. The molecule has 2 aromatic rings. The van der Waals surface area contributed by atoms with Gasteiger partial charge in [0.25, 0.3) is 15.9 Å². The maximum Gasteiger partial charge on any atom is 0.261 e. The first-order chi connectivity index (χ1) is 14.2. The SMILES string of the molecule is CC1CN(C(=O)c2ccccc2NS(=O)(=O)c2ccc3c(c2)CC(=O)N3)CC(C)O1. The number of nitrogens with one attached hydrogen (secondary N) is 2. The van der Waals surface area contributed by atoms with Crippen molar-refractivity contribution < 1.29 is 22.7 Å². The van der Waals surface area contributed by atoms with E-state index in [9.17, 15) is 18.0 Å². The van der Waals surface area contributed by atoms with Crippen LogP contribution in [0.2, 0.25) is 0 Å². The summed E-state index contributed by atoms with van der Waals surface area (Å²) in [6.45, 7) is 4.68. The predicted molar refractivity (Wildman–Crippen MR) is 112 cm³/mol. The van der Waals surface area contributed by atoms with Crippen molar-refractivity contribution in [1.29, 1.82) is 0 Å². The van der Waals surface area contributed by atoms with Crippen LogP contribution in [0.3, 0.4) is 0 Å². The molecule has 158 valence electrons. The summed E-state index contributed by atoms with van der Waals surface area (Å²) in [6.07, 6.45) is -0.0465. The van der Waals surface area contributed by atoms with Gasteiger partial charge in [-0.3, -0.25) is 14.3 Å². The van der Waals surface area contributed by atoms with Crippen LogP contribution in [-0.4, -0.2) is 50.4 Å².